The van der Waals surface area contributed by atoms with Gasteiger partial charge in [0.2, 0.25) is 0 Å². The summed E-state index contributed by atoms with van der Waals surface area (Å²) in [5.74, 6) is -0.726. The minimum absolute atomic E-state index is 0.225. The van der Waals surface area contributed by atoms with Crippen LogP contribution in [0.5, 0.6) is 0 Å². The molecule has 2 unspecified atom stereocenters. The third kappa shape index (κ3) is 19.1. The molecule has 0 fully saturated rings. The number of hydrogen-bond donors (Lipinski definition) is 2. The monoisotopic (exact) mass is 414 g/mol. The maximum Gasteiger partial charge on any atom is 0.303 e. The molecular weight excluding hydrogens is 362 g/mol. The van der Waals surface area contributed by atoms with Gasteiger partial charge in [-0.25, -0.2) is 0 Å². The van der Waals surface area contributed by atoms with Gasteiger partial charge < -0.3 is 14.7 Å². The summed E-state index contributed by atoms with van der Waals surface area (Å²) in [5, 5.41) is 19.2. The van der Waals surface area contributed by atoms with E-state index < -0.39 is 5.97 Å². The molecule has 0 saturated carbocycles. The van der Waals surface area contributed by atoms with Crippen LogP contribution in [0.1, 0.15) is 123 Å². The molecule has 2 atom stereocenters. The Bertz CT molecular complexity index is 375. The van der Waals surface area contributed by atoms with E-state index in [1.54, 1.807) is 0 Å². The number of rotatable bonds is 22. The van der Waals surface area contributed by atoms with Crippen LogP contribution >= 0.6 is 0 Å². The average Bonchev–Trinajstić information content (AvgIpc) is 2.68. The summed E-state index contributed by atoms with van der Waals surface area (Å²) in [7, 11) is 2.14. The van der Waals surface area contributed by atoms with E-state index in [1.165, 1.54) is 83.5 Å². The van der Waals surface area contributed by atoms with Gasteiger partial charge in [0.1, 0.15) is 12.6 Å². The van der Waals surface area contributed by atoms with Gasteiger partial charge in [-0.05, 0) is 13.3 Å². The minimum Gasteiger partial charge on any atom is -0.481 e. The number of aliphatic hydroxyl groups is 1. The van der Waals surface area contributed by atoms with Gasteiger partial charge in [0.25, 0.3) is 0 Å². The summed E-state index contributed by atoms with van der Waals surface area (Å²) in [6.07, 6.45) is 20.5. The third-order valence-corrected chi connectivity index (χ3v) is 6.39. The zero-order valence-corrected chi connectivity index (χ0v) is 20.0. The van der Waals surface area contributed by atoms with Gasteiger partial charge in [-0.15, -0.1) is 0 Å². The first kappa shape index (κ1) is 28.4. The number of hydrogen-bond acceptors (Lipinski definition) is 2. The van der Waals surface area contributed by atoms with Crippen molar-refractivity contribution in [3.8, 4) is 0 Å². The molecule has 0 aromatic heterocycles. The molecule has 0 rings (SSSR count). The Morgan fingerprint density at radius 3 is 1.62 bits per heavy atom. The van der Waals surface area contributed by atoms with Crippen LogP contribution in [0.15, 0.2) is 0 Å². The highest BCUT2D eigenvalue weighted by molar-refractivity contribution is 5.66. The van der Waals surface area contributed by atoms with Crippen LogP contribution in [0.3, 0.4) is 0 Å². The van der Waals surface area contributed by atoms with E-state index in [0.717, 1.165) is 37.0 Å². The molecule has 0 radical (unpaired) electrons. The van der Waals surface area contributed by atoms with Crippen molar-refractivity contribution in [3.63, 3.8) is 0 Å². The molecule has 4 nitrogen and oxygen atoms in total. The molecule has 0 saturated heterocycles. The van der Waals surface area contributed by atoms with E-state index in [-0.39, 0.29) is 12.5 Å². The van der Waals surface area contributed by atoms with Crippen LogP contribution in [-0.2, 0) is 4.79 Å². The van der Waals surface area contributed by atoms with E-state index in [2.05, 4.69) is 20.9 Å². The van der Waals surface area contributed by atoms with Crippen molar-refractivity contribution in [3.05, 3.63) is 0 Å². The Morgan fingerprint density at radius 2 is 1.21 bits per heavy atom. The molecule has 0 aromatic carbocycles. The van der Waals surface area contributed by atoms with Crippen molar-refractivity contribution < 1.29 is 19.5 Å². The van der Waals surface area contributed by atoms with Gasteiger partial charge in [0, 0.05) is 6.42 Å². The van der Waals surface area contributed by atoms with Gasteiger partial charge in [-0.2, -0.15) is 0 Å². The van der Waals surface area contributed by atoms with Crippen molar-refractivity contribution in [2.75, 3.05) is 26.7 Å². The maximum absolute atomic E-state index is 10.7. The summed E-state index contributed by atoms with van der Waals surface area (Å²) in [6.45, 7) is 6.92. The van der Waals surface area contributed by atoms with Crippen LogP contribution in [0.2, 0.25) is 0 Å². The lowest BCUT2D eigenvalue weighted by Crippen LogP contribution is -2.49. The quantitative estimate of drug-likeness (QED) is 0.156. The molecule has 174 valence electrons. The van der Waals surface area contributed by atoms with Gasteiger partial charge in [0.15, 0.2) is 0 Å². The molecule has 0 bridgehead atoms. The molecule has 0 aliphatic heterocycles. The molecule has 29 heavy (non-hydrogen) atoms. The van der Waals surface area contributed by atoms with Gasteiger partial charge in [0.05, 0.1) is 26.6 Å². The SMILES string of the molecule is CCCCCCCCCCCCCCCCC(O)C[N+](C)(CC)CCCC(=O)O. The fourth-order valence-electron chi connectivity index (χ4n) is 4.17. The van der Waals surface area contributed by atoms with Gasteiger partial charge in [-0.1, -0.05) is 96.8 Å². The number of nitrogens with zero attached hydrogens (tertiary/aromatic N) is 1. The Labute approximate surface area is 181 Å². The maximum atomic E-state index is 10.7. The van der Waals surface area contributed by atoms with Crippen molar-refractivity contribution in [2.24, 2.45) is 0 Å². The van der Waals surface area contributed by atoms with Crippen molar-refractivity contribution in [1.82, 2.24) is 0 Å². The van der Waals surface area contributed by atoms with Crippen LogP contribution in [0.4, 0.5) is 0 Å². The Kier molecular flexibility index (Phi) is 19.0. The summed E-state index contributed by atoms with van der Waals surface area (Å²) < 4.78 is 0.771. The molecule has 0 heterocycles. The number of carbonyl (C=O) groups is 1. The molecule has 0 aliphatic rings. The van der Waals surface area contributed by atoms with Crippen LogP contribution < -0.4 is 0 Å². The summed E-state index contributed by atoms with van der Waals surface area (Å²) in [6, 6.07) is 0. The highest BCUT2D eigenvalue weighted by Crippen LogP contribution is 2.15. The fraction of sp³-hybridized carbons (Fsp3) is 0.960. The fourth-order valence-corrected chi connectivity index (χ4v) is 4.17. The molecule has 4 heteroatoms. The van der Waals surface area contributed by atoms with Crippen molar-refractivity contribution >= 4 is 5.97 Å². The smallest absolute Gasteiger partial charge is 0.303 e. The van der Waals surface area contributed by atoms with Crippen LogP contribution in [0.25, 0.3) is 0 Å². The molecule has 0 aliphatic carbocycles. The van der Waals surface area contributed by atoms with Gasteiger partial charge in [-0.3, -0.25) is 4.79 Å². The molecular formula is C25H52NO3+. The number of aliphatic carboxylic acids is 1. The van der Waals surface area contributed by atoms with Crippen molar-refractivity contribution in [1.29, 1.82) is 0 Å². The lowest BCUT2D eigenvalue weighted by atomic mass is 10.0. The first-order chi connectivity index (χ1) is 13.9. The number of carboxylic acids is 1. The molecule has 0 spiro atoms. The zero-order valence-electron chi connectivity index (χ0n) is 20.0. The van der Waals surface area contributed by atoms with E-state index in [1.807, 2.05) is 0 Å². The second kappa shape index (κ2) is 19.4. The second-order valence-corrected chi connectivity index (χ2v) is 9.38. The lowest BCUT2D eigenvalue weighted by Gasteiger charge is -2.35. The summed E-state index contributed by atoms with van der Waals surface area (Å²) >= 11 is 0. The Morgan fingerprint density at radius 1 is 0.759 bits per heavy atom. The first-order valence-electron chi connectivity index (χ1n) is 12.7. The lowest BCUT2D eigenvalue weighted by molar-refractivity contribution is -0.911. The van der Waals surface area contributed by atoms with E-state index >= 15 is 0 Å². The third-order valence-electron chi connectivity index (χ3n) is 6.39. The highest BCUT2D eigenvalue weighted by Gasteiger charge is 2.23. The van der Waals surface area contributed by atoms with Gasteiger partial charge >= 0.3 is 5.97 Å². The standard InChI is InChI=1S/C25H51NO3/c1-4-6-7-8-9-10-11-12-13-14-15-16-17-18-20-24(27)23-26(3,5-2)22-19-21-25(28)29/h24,27H,4-23H2,1-3H3/p+1. The molecule has 0 amide bonds. The highest BCUT2D eigenvalue weighted by atomic mass is 16.4. The summed E-state index contributed by atoms with van der Waals surface area (Å²) in [5.41, 5.74) is 0. The topological polar surface area (TPSA) is 57.5 Å². The first-order valence-corrected chi connectivity index (χ1v) is 12.7. The van der Waals surface area contributed by atoms with Crippen molar-refractivity contribution in [2.45, 2.75) is 129 Å². The zero-order chi connectivity index (χ0) is 21.8. The number of likely N-dealkylation sites (N-methyl/N-ethyl adjacent to an activating group) is 1. The molecule has 0 aromatic rings. The normalized spacial score (nSPS) is 14.6. The predicted molar refractivity (Wildman–Crippen MR) is 124 cm³/mol. The largest absolute Gasteiger partial charge is 0.481 e. The summed E-state index contributed by atoms with van der Waals surface area (Å²) in [4.78, 5) is 10.7. The van der Waals surface area contributed by atoms with E-state index in [0.29, 0.717) is 6.42 Å². The van der Waals surface area contributed by atoms with E-state index in [9.17, 15) is 9.90 Å². The Hall–Kier alpha value is -0.610. The predicted octanol–water partition coefficient (Wildman–Crippen LogP) is 6.55. The Balaban J connectivity index is 3.52. The van der Waals surface area contributed by atoms with Crippen LogP contribution in [-0.4, -0.2) is 53.5 Å². The molecule has 2 N–H and O–H groups in total. The average molecular weight is 415 g/mol. The van der Waals surface area contributed by atoms with Crippen LogP contribution in [0, 0.1) is 0 Å². The number of aliphatic hydroxyl groups excluding tert-OH is 1. The van der Waals surface area contributed by atoms with E-state index in [4.69, 9.17) is 5.11 Å². The number of carboxylic acid groups (broad SMARTS) is 1. The number of unbranched alkanes of at least 4 members (excludes halogenated alkanes) is 13. The second-order valence-electron chi connectivity index (χ2n) is 9.38. The minimum atomic E-state index is -0.726. The number of quaternary nitrogens is 1.